The second kappa shape index (κ2) is 8.53. The lowest BCUT2D eigenvalue weighted by Crippen LogP contribution is -2.46. The summed E-state index contributed by atoms with van der Waals surface area (Å²) in [6, 6.07) is 18.5. The van der Waals surface area contributed by atoms with Crippen LogP contribution in [0.25, 0.3) is 5.69 Å². The molecule has 0 atom stereocenters. The number of piperidine rings is 1. The quantitative estimate of drug-likeness (QED) is 0.705. The number of nitrogens with zero attached hydrogens (tertiary/aromatic N) is 2. The largest absolute Gasteiger partial charge is 0.349 e. The van der Waals surface area contributed by atoms with Crippen LogP contribution in [0.4, 0.5) is 0 Å². The number of nitrogens with one attached hydrogen (secondary N) is 1. The summed E-state index contributed by atoms with van der Waals surface area (Å²) in [4.78, 5) is 27.0. The molecule has 148 valence electrons. The van der Waals surface area contributed by atoms with Crippen molar-refractivity contribution in [3.8, 4) is 5.69 Å². The van der Waals surface area contributed by atoms with E-state index in [1.165, 1.54) is 0 Å². The van der Waals surface area contributed by atoms with Crippen molar-refractivity contribution in [1.29, 1.82) is 0 Å². The summed E-state index contributed by atoms with van der Waals surface area (Å²) < 4.78 is 2.00. The van der Waals surface area contributed by atoms with E-state index in [1.54, 1.807) is 24.3 Å². The van der Waals surface area contributed by atoms with E-state index in [0.717, 1.165) is 18.5 Å². The van der Waals surface area contributed by atoms with Crippen LogP contribution in [0.1, 0.15) is 33.6 Å². The smallest absolute Gasteiger partial charge is 0.253 e. The van der Waals surface area contributed by atoms with Crippen molar-refractivity contribution in [3.05, 3.63) is 89.2 Å². The van der Waals surface area contributed by atoms with Crippen molar-refractivity contribution in [3.63, 3.8) is 0 Å². The lowest BCUT2D eigenvalue weighted by Gasteiger charge is -2.32. The molecule has 2 heterocycles. The Morgan fingerprint density at radius 3 is 2.07 bits per heavy atom. The SMILES string of the molecule is O=C(NC1CCN(C(=O)c2ccc(Cl)cc2)CC1)c1ccc(-n2cccc2)cc1. The van der Waals surface area contributed by atoms with E-state index in [4.69, 9.17) is 11.6 Å². The molecule has 0 spiro atoms. The van der Waals surface area contributed by atoms with Gasteiger partial charge in [-0.2, -0.15) is 0 Å². The summed E-state index contributed by atoms with van der Waals surface area (Å²) >= 11 is 5.89. The van der Waals surface area contributed by atoms with Gasteiger partial charge in [0.25, 0.3) is 11.8 Å². The van der Waals surface area contributed by atoms with E-state index in [9.17, 15) is 9.59 Å². The minimum Gasteiger partial charge on any atom is -0.349 e. The zero-order valence-corrected chi connectivity index (χ0v) is 16.7. The van der Waals surface area contributed by atoms with Gasteiger partial charge in [-0.05, 0) is 73.5 Å². The van der Waals surface area contributed by atoms with Gasteiger partial charge >= 0.3 is 0 Å². The molecule has 2 amide bonds. The lowest BCUT2D eigenvalue weighted by molar-refractivity contribution is 0.0698. The number of hydrogen-bond acceptors (Lipinski definition) is 2. The first kappa shape index (κ1) is 19.3. The number of halogens is 1. The van der Waals surface area contributed by atoms with Crippen molar-refractivity contribution < 1.29 is 9.59 Å². The third kappa shape index (κ3) is 4.51. The molecule has 1 aliphatic rings. The van der Waals surface area contributed by atoms with Crippen molar-refractivity contribution in [2.75, 3.05) is 13.1 Å². The zero-order chi connectivity index (χ0) is 20.2. The van der Waals surface area contributed by atoms with Gasteiger partial charge in [0.1, 0.15) is 0 Å². The van der Waals surface area contributed by atoms with Crippen LogP contribution in [-0.2, 0) is 0 Å². The van der Waals surface area contributed by atoms with Crippen LogP contribution in [0, 0.1) is 0 Å². The van der Waals surface area contributed by atoms with Crippen LogP contribution in [0.5, 0.6) is 0 Å². The Kier molecular flexibility index (Phi) is 5.67. The summed E-state index contributed by atoms with van der Waals surface area (Å²) in [5.41, 5.74) is 2.29. The van der Waals surface area contributed by atoms with Gasteiger partial charge in [0.2, 0.25) is 0 Å². The number of aromatic nitrogens is 1. The Labute approximate surface area is 174 Å². The molecule has 4 rings (SSSR count). The van der Waals surface area contributed by atoms with Gasteiger partial charge in [-0.3, -0.25) is 9.59 Å². The molecule has 6 heteroatoms. The van der Waals surface area contributed by atoms with Crippen LogP contribution < -0.4 is 5.32 Å². The molecule has 0 bridgehead atoms. The Morgan fingerprint density at radius 2 is 1.45 bits per heavy atom. The van der Waals surface area contributed by atoms with E-state index < -0.39 is 0 Å². The molecule has 2 aromatic carbocycles. The first-order valence-electron chi connectivity index (χ1n) is 9.69. The highest BCUT2D eigenvalue weighted by Gasteiger charge is 2.24. The number of hydrogen-bond donors (Lipinski definition) is 1. The Balaban J connectivity index is 1.30. The maximum Gasteiger partial charge on any atom is 0.253 e. The fraction of sp³-hybridized carbons (Fsp3) is 0.217. The van der Waals surface area contributed by atoms with Crippen LogP contribution in [0.3, 0.4) is 0 Å². The number of amides is 2. The van der Waals surface area contributed by atoms with Gasteiger partial charge in [-0.25, -0.2) is 0 Å². The van der Waals surface area contributed by atoms with Crippen molar-refractivity contribution in [1.82, 2.24) is 14.8 Å². The van der Waals surface area contributed by atoms with Crippen LogP contribution in [0.15, 0.2) is 73.1 Å². The fourth-order valence-electron chi connectivity index (χ4n) is 3.56. The number of carbonyl (C=O) groups excluding carboxylic acids is 2. The lowest BCUT2D eigenvalue weighted by atomic mass is 10.0. The summed E-state index contributed by atoms with van der Waals surface area (Å²) in [5.74, 6) is -0.0708. The number of likely N-dealkylation sites (tertiary alicyclic amines) is 1. The third-order valence-electron chi connectivity index (χ3n) is 5.24. The Bertz CT molecular complexity index is 974. The van der Waals surface area contributed by atoms with Gasteiger partial charge < -0.3 is 14.8 Å². The molecule has 0 radical (unpaired) electrons. The standard InChI is InChI=1S/C23H22ClN3O2/c24-19-7-3-18(4-8-19)23(29)27-15-11-20(12-16-27)25-22(28)17-5-9-21(10-6-17)26-13-1-2-14-26/h1-10,13-14,20H,11-12,15-16H2,(H,25,28). The molecule has 5 nitrogen and oxygen atoms in total. The van der Waals surface area contributed by atoms with Gasteiger partial charge in [0, 0.05) is 53.4 Å². The van der Waals surface area contributed by atoms with Gasteiger partial charge in [-0.1, -0.05) is 11.6 Å². The summed E-state index contributed by atoms with van der Waals surface area (Å²) in [6.07, 6.45) is 5.42. The number of rotatable bonds is 4. The third-order valence-corrected chi connectivity index (χ3v) is 5.49. The fourth-order valence-corrected chi connectivity index (χ4v) is 3.69. The molecule has 1 fully saturated rings. The molecular weight excluding hydrogens is 386 g/mol. The highest BCUT2D eigenvalue weighted by Crippen LogP contribution is 2.17. The molecule has 1 aliphatic heterocycles. The summed E-state index contributed by atoms with van der Waals surface area (Å²) in [7, 11) is 0. The monoisotopic (exact) mass is 407 g/mol. The normalized spacial score (nSPS) is 14.6. The van der Waals surface area contributed by atoms with Gasteiger partial charge in [-0.15, -0.1) is 0 Å². The van der Waals surface area contributed by atoms with Crippen molar-refractivity contribution in [2.45, 2.75) is 18.9 Å². The van der Waals surface area contributed by atoms with E-state index in [1.807, 2.05) is 58.3 Å². The van der Waals surface area contributed by atoms with Crippen molar-refractivity contribution in [2.24, 2.45) is 0 Å². The molecule has 29 heavy (non-hydrogen) atoms. The maximum atomic E-state index is 12.6. The Hall–Kier alpha value is -3.05. The first-order valence-corrected chi connectivity index (χ1v) is 10.1. The zero-order valence-electron chi connectivity index (χ0n) is 15.9. The minimum absolute atomic E-state index is 0.00652. The predicted molar refractivity (Wildman–Crippen MR) is 114 cm³/mol. The van der Waals surface area contributed by atoms with Crippen LogP contribution in [0.2, 0.25) is 5.02 Å². The second-order valence-electron chi connectivity index (χ2n) is 7.18. The minimum atomic E-state index is -0.0773. The topological polar surface area (TPSA) is 54.3 Å². The highest BCUT2D eigenvalue weighted by atomic mass is 35.5. The molecule has 3 aromatic rings. The first-order chi connectivity index (χ1) is 14.1. The van der Waals surface area contributed by atoms with Crippen LogP contribution >= 0.6 is 11.6 Å². The maximum absolute atomic E-state index is 12.6. The van der Waals surface area contributed by atoms with E-state index in [0.29, 0.717) is 29.2 Å². The average Bonchev–Trinajstić information content (AvgIpc) is 3.29. The van der Waals surface area contributed by atoms with E-state index in [-0.39, 0.29) is 17.9 Å². The summed E-state index contributed by atoms with van der Waals surface area (Å²) in [6.45, 7) is 1.25. The molecule has 1 aromatic heterocycles. The molecule has 1 saturated heterocycles. The number of carbonyl (C=O) groups is 2. The van der Waals surface area contributed by atoms with Gasteiger partial charge in [0.05, 0.1) is 0 Å². The molecule has 0 unspecified atom stereocenters. The Morgan fingerprint density at radius 1 is 0.862 bits per heavy atom. The van der Waals surface area contributed by atoms with Gasteiger partial charge in [0.15, 0.2) is 0 Å². The highest BCUT2D eigenvalue weighted by molar-refractivity contribution is 6.30. The van der Waals surface area contributed by atoms with E-state index in [2.05, 4.69) is 5.32 Å². The predicted octanol–water partition coefficient (Wildman–Crippen LogP) is 4.17. The number of benzene rings is 2. The second-order valence-corrected chi connectivity index (χ2v) is 7.62. The van der Waals surface area contributed by atoms with E-state index >= 15 is 0 Å². The average molecular weight is 408 g/mol. The molecule has 1 N–H and O–H groups in total. The molecule has 0 saturated carbocycles. The summed E-state index contributed by atoms with van der Waals surface area (Å²) in [5, 5.41) is 3.71. The van der Waals surface area contributed by atoms with Crippen molar-refractivity contribution >= 4 is 23.4 Å². The molecule has 0 aliphatic carbocycles. The molecular formula is C23H22ClN3O2. The van der Waals surface area contributed by atoms with Crippen LogP contribution in [-0.4, -0.2) is 40.4 Å².